The number of nitrogens with one attached hydrogen (secondary N) is 1. The van der Waals surface area contributed by atoms with E-state index in [1.165, 1.54) is 0 Å². The van der Waals surface area contributed by atoms with Crippen LogP contribution in [-0.4, -0.2) is 35.7 Å². The van der Waals surface area contributed by atoms with Gasteiger partial charge in [0.1, 0.15) is 17.5 Å². The molecule has 0 aliphatic carbocycles. The summed E-state index contributed by atoms with van der Waals surface area (Å²) in [5.41, 5.74) is 2.89. The van der Waals surface area contributed by atoms with E-state index in [2.05, 4.69) is 10.5 Å². The number of benzene rings is 1. The number of ether oxygens (including phenoxy) is 1. The van der Waals surface area contributed by atoms with Gasteiger partial charge in [0.2, 0.25) is 0 Å². The predicted octanol–water partition coefficient (Wildman–Crippen LogP) is 4.85. The number of rotatable bonds is 5. The van der Waals surface area contributed by atoms with Gasteiger partial charge < -0.3 is 18.6 Å². The zero-order valence-electron chi connectivity index (χ0n) is 19.5. The highest BCUT2D eigenvalue weighted by atomic mass is 16.7. The Balaban J connectivity index is 1.77. The van der Waals surface area contributed by atoms with E-state index < -0.39 is 24.4 Å². The zero-order chi connectivity index (χ0) is 23.0. The molecule has 0 saturated carbocycles. The first-order valence-electron chi connectivity index (χ1n) is 10.5. The van der Waals surface area contributed by atoms with E-state index in [1.54, 1.807) is 6.92 Å². The molecule has 1 aliphatic heterocycles. The van der Waals surface area contributed by atoms with Gasteiger partial charge in [-0.3, -0.25) is 5.32 Å². The Morgan fingerprint density at radius 2 is 1.74 bits per heavy atom. The fourth-order valence-corrected chi connectivity index (χ4v) is 3.10. The van der Waals surface area contributed by atoms with E-state index >= 15 is 0 Å². The van der Waals surface area contributed by atoms with Crippen molar-refractivity contribution in [2.75, 3.05) is 5.32 Å². The number of aryl methyl sites for hydroxylation is 1. The second-order valence-corrected chi connectivity index (χ2v) is 8.89. The average Bonchev–Trinajstić information content (AvgIpc) is 3.16. The average molecular weight is 426 g/mol. The van der Waals surface area contributed by atoms with Gasteiger partial charge in [0.05, 0.1) is 11.2 Å². The molecule has 0 radical (unpaired) electrons. The lowest BCUT2D eigenvalue weighted by Gasteiger charge is -2.32. The SMILES string of the molecule is CC=C(C)C(C)OC(=O)Nc1c(C)noc1-c1ccc(B2OC(C)(C)C(C)(C)O2)cc1. The molecule has 1 aromatic carbocycles. The highest BCUT2D eigenvalue weighted by Gasteiger charge is 2.51. The minimum Gasteiger partial charge on any atom is -0.442 e. The summed E-state index contributed by atoms with van der Waals surface area (Å²) in [7, 11) is -0.445. The van der Waals surface area contributed by atoms with Gasteiger partial charge in [-0.2, -0.15) is 0 Å². The number of aromatic nitrogens is 1. The number of allylic oxidation sites excluding steroid dienone is 1. The number of hydrogen-bond donors (Lipinski definition) is 1. The maximum absolute atomic E-state index is 12.4. The molecule has 1 fully saturated rings. The molecular formula is C23H31BN2O5. The van der Waals surface area contributed by atoms with Crippen molar-refractivity contribution in [3.8, 4) is 11.3 Å². The van der Waals surface area contributed by atoms with Gasteiger partial charge in [-0.25, -0.2) is 4.79 Å². The van der Waals surface area contributed by atoms with Crippen LogP contribution in [0.25, 0.3) is 11.3 Å². The molecule has 1 aliphatic rings. The smallest absolute Gasteiger partial charge is 0.442 e. The van der Waals surface area contributed by atoms with Crippen LogP contribution < -0.4 is 10.8 Å². The van der Waals surface area contributed by atoms with Gasteiger partial charge in [-0.05, 0) is 66.4 Å². The first-order chi connectivity index (χ1) is 14.4. The summed E-state index contributed by atoms with van der Waals surface area (Å²) in [5.74, 6) is 0.463. The van der Waals surface area contributed by atoms with Crippen molar-refractivity contribution in [3.63, 3.8) is 0 Å². The molecule has 1 unspecified atom stereocenters. The number of carbonyl (C=O) groups excluding carboxylic acids is 1. The third-order valence-corrected chi connectivity index (χ3v) is 6.17. The van der Waals surface area contributed by atoms with Gasteiger partial charge in [-0.15, -0.1) is 0 Å². The van der Waals surface area contributed by atoms with Crippen LogP contribution in [0.1, 0.15) is 54.2 Å². The highest BCUT2D eigenvalue weighted by Crippen LogP contribution is 2.37. The second-order valence-electron chi connectivity index (χ2n) is 8.89. The molecule has 1 saturated heterocycles. The van der Waals surface area contributed by atoms with Gasteiger partial charge in [0.15, 0.2) is 5.76 Å². The topological polar surface area (TPSA) is 82.8 Å². The van der Waals surface area contributed by atoms with Crippen molar-refractivity contribution in [2.45, 2.75) is 72.7 Å². The van der Waals surface area contributed by atoms with E-state index in [4.69, 9.17) is 18.6 Å². The largest absolute Gasteiger partial charge is 0.494 e. The third-order valence-electron chi connectivity index (χ3n) is 6.17. The summed E-state index contributed by atoms with van der Waals surface area (Å²) in [6.45, 7) is 15.5. The second kappa shape index (κ2) is 8.51. The van der Waals surface area contributed by atoms with Crippen molar-refractivity contribution in [3.05, 3.63) is 41.6 Å². The Labute approximate surface area is 184 Å². The van der Waals surface area contributed by atoms with E-state index in [0.717, 1.165) is 16.6 Å². The standard InChI is InChI=1S/C23H31BN2O5/c1-9-14(2)16(4)28-21(27)25-19-15(3)26-29-20(19)17-10-12-18(13-11-17)24-30-22(5,6)23(7,8)31-24/h9-13,16H,1-8H3,(H,25,27). The van der Waals surface area contributed by atoms with Crippen LogP contribution in [0, 0.1) is 6.92 Å². The van der Waals surface area contributed by atoms with E-state index in [-0.39, 0.29) is 6.10 Å². The number of hydrogen-bond acceptors (Lipinski definition) is 6. The number of anilines is 1. The Morgan fingerprint density at radius 1 is 1.16 bits per heavy atom. The maximum atomic E-state index is 12.4. The Morgan fingerprint density at radius 3 is 2.29 bits per heavy atom. The van der Waals surface area contributed by atoms with Crippen LogP contribution in [0.5, 0.6) is 0 Å². The van der Waals surface area contributed by atoms with Crippen LogP contribution in [-0.2, 0) is 14.0 Å². The molecule has 166 valence electrons. The molecule has 2 aromatic rings. The van der Waals surface area contributed by atoms with E-state index in [9.17, 15) is 4.79 Å². The van der Waals surface area contributed by atoms with Crippen molar-refractivity contribution in [1.82, 2.24) is 5.16 Å². The molecule has 0 spiro atoms. The zero-order valence-corrected chi connectivity index (χ0v) is 19.5. The number of nitrogens with zero attached hydrogens (tertiary/aromatic N) is 1. The normalized spacial score (nSPS) is 18.7. The molecule has 1 aromatic heterocycles. The Bertz CT molecular complexity index is 962. The quantitative estimate of drug-likeness (QED) is 0.544. The molecule has 1 amide bonds. The molecular weight excluding hydrogens is 395 g/mol. The fraction of sp³-hybridized carbons (Fsp3) is 0.478. The summed E-state index contributed by atoms with van der Waals surface area (Å²) < 4.78 is 23.1. The maximum Gasteiger partial charge on any atom is 0.494 e. The number of carbonyl (C=O) groups is 1. The molecule has 0 bridgehead atoms. The minimum atomic E-state index is -0.560. The van der Waals surface area contributed by atoms with Crippen LogP contribution >= 0.6 is 0 Å². The molecule has 7 nitrogen and oxygen atoms in total. The predicted molar refractivity (Wildman–Crippen MR) is 121 cm³/mol. The van der Waals surface area contributed by atoms with Crippen LogP contribution in [0.3, 0.4) is 0 Å². The monoisotopic (exact) mass is 426 g/mol. The van der Waals surface area contributed by atoms with Crippen LogP contribution in [0.15, 0.2) is 40.4 Å². The molecule has 31 heavy (non-hydrogen) atoms. The minimum absolute atomic E-state index is 0.326. The summed E-state index contributed by atoms with van der Waals surface area (Å²) in [6.07, 6.45) is 1.03. The Hall–Kier alpha value is -2.58. The van der Waals surface area contributed by atoms with Gasteiger partial charge in [0, 0.05) is 5.56 Å². The number of amides is 1. The summed E-state index contributed by atoms with van der Waals surface area (Å²) >= 11 is 0. The summed E-state index contributed by atoms with van der Waals surface area (Å²) in [6, 6.07) is 7.64. The summed E-state index contributed by atoms with van der Waals surface area (Å²) in [5, 5.41) is 6.77. The van der Waals surface area contributed by atoms with Gasteiger partial charge in [0.25, 0.3) is 0 Å². The van der Waals surface area contributed by atoms with Gasteiger partial charge in [-0.1, -0.05) is 35.5 Å². The molecule has 1 N–H and O–H groups in total. The fourth-order valence-electron chi connectivity index (χ4n) is 3.10. The van der Waals surface area contributed by atoms with Crippen LogP contribution in [0.2, 0.25) is 0 Å². The van der Waals surface area contributed by atoms with Crippen molar-refractivity contribution >= 4 is 24.4 Å². The third kappa shape index (κ3) is 4.70. The molecule has 3 rings (SSSR count). The van der Waals surface area contributed by atoms with Gasteiger partial charge >= 0.3 is 13.2 Å². The van der Waals surface area contributed by atoms with Crippen molar-refractivity contribution in [2.24, 2.45) is 0 Å². The molecule has 8 heteroatoms. The Kier molecular flexibility index (Phi) is 6.34. The molecule has 2 heterocycles. The lowest BCUT2D eigenvalue weighted by atomic mass is 9.79. The first-order valence-corrected chi connectivity index (χ1v) is 10.5. The van der Waals surface area contributed by atoms with E-state index in [1.807, 2.05) is 78.8 Å². The summed E-state index contributed by atoms with van der Waals surface area (Å²) in [4.78, 5) is 12.4. The van der Waals surface area contributed by atoms with Crippen LogP contribution in [0.4, 0.5) is 10.5 Å². The molecule has 1 atom stereocenters. The van der Waals surface area contributed by atoms with Crippen molar-refractivity contribution < 1.29 is 23.4 Å². The van der Waals surface area contributed by atoms with E-state index in [0.29, 0.717) is 17.1 Å². The lowest BCUT2D eigenvalue weighted by molar-refractivity contribution is 0.00578. The first kappa shape index (κ1) is 23.1. The highest BCUT2D eigenvalue weighted by molar-refractivity contribution is 6.62. The lowest BCUT2D eigenvalue weighted by Crippen LogP contribution is -2.41. The van der Waals surface area contributed by atoms with Crippen molar-refractivity contribution in [1.29, 1.82) is 0 Å².